The molecule has 0 atom stereocenters. The van der Waals surface area contributed by atoms with Gasteiger partial charge in [-0.25, -0.2) is 4.98 Å². The van der Waals surface area contributed by atoms with Gasteiger partial charge in [0.1, 0.15) is 5.82 Å². The van der Waals surface area contributed by atoms with Crippen molar-refractivity contribution in [2.45, 2.75) is 26.4 Å². The number of amides is 1. The summed E-state index contributed by atoms with van der Waals surface area (Å²) in [6.45, 7) is 4.96. The Kier molecular flexibility index (Phi) is 4.82. The van der Waals surface area contributed by atoms with Gasteiger partial charge < -0.3 is 14.8 Å². The van der Waals surface area contributed by atoms with Crippen LogP contribution in [-0.4, -0.2) is 38.7 Å². The fourth-order valence-corrected chi connectivity index (χ4v) is 3.20. The van der Waals surface area contributed by atoms with E-state index < -0.39 is 0 Å². The molecule has 1 aromatic carbocycles. The number of hydrogen-bond acceptors (Lipinski definition) is 5. The lowest BCUT2D eigenvalue weighted by Crippen LogP contribution is -2.34. The van der Waals surface area contributed by atoms with Crippen molar-refractivity contribution in [3.8, 4) is 11.4 Å². The Morgan fingerprint density at radius 3 is 2.70 bits per heavy atom. The van der Waals surface area contributed by atoms with Gasteiger partial charge in [0.15, 0.2) is 11.6 Å². The van der Waals surface area contributed by atoms with Crippen LogP contribution in [0.4, 0.5) is 5.82 Å². The summed E-state index contributed by atoms with van der Waals surface area (Å²) in [5.74, 6) is 2.59. The third-order valence-electron chi connectivity index (χ3n) is 4.65. The van der Waals surface area contributed by atoms with Gasteiger partial charge in [0, 0.05) is 31.4 Å². The Hall–Kier alpha value is -3.22. The van der Waals surface area contributed by atoms with Gasteiger partial charge in [-0.1, -0.05) is 37.3 Å². The molecule has 2 aromatic heterocycles. The first kappa shape index (κ1) is 17.2. The van der Waals surface area contributed by atoms with Crippen LogP contribution in [-0.2, 0) is 13.1 Å². The molecule has 3 aromatic rings. The molecule has 0 radical (unpaired) electrons. The lowest BCUT2D eigenvalue weighted by Gasteiger charge is -2.28. The summed E-state index contributed by atoms with van der Waals surface area (Å²) in [7, 11) is 0. The minimum absolute atomic E-state index is 0.0817. The van der Waals surface area contributed by atoms with Gasteiger partial charge >= 0.3 is 0 Å². The second-order valence-electron chi connectivity index (χ2n) is 6.54. The number of rotatable bonds is 5. The molecule has 7 heteroatoms. The van der Waals surface area contributed by atoms with Crippen LogP contribution in [0.2, 0.25) is 0 Å². The highest BCUT2D eigenvalue weighted by atomic mass is 16.1. The van der Waals surface area contributed by atoms with Crippen molar-refractivity contribution in [1.29, 1.82) is 0 Å². The summed E-state index contributed by atoms with van der Waals surface area (Å²) < 4.78 is 2.17. The number of benzene rings is 1. The topological polar surface area (TPSA) is 75.9 Å². The number of hydrogen-bond donors (Lipinski definition) is 1. The smallest absolute Gasteiger partial charge is 0.252 e. The van der Waals surface area contributed by atoms with Crippen LogP contribution in [0, 0.1) is 0 Å². The minimum atomic E-state index is -0.0817. The van der Waals surface area contributed by atoms with Gasteiger partial charge in [-0.05, 0) is 18.6 Å². The molecule has 3 heterocycles. The van der Waals surface area contributed by atoms with Crippen molar-refractivity contribution in [2.24, 2.45) is 0 Å². The number of fused-ring (bicyclic) bond motifs is 1. The summed E-state index contributed by atoms with van der Waals surface area (Å²) in [5, 5.41) is 11.6. The largest absolute Gasteiger partial charge is 0.352 e. The maximum atomic E-state index is 12.0. The SMILES string of the molecule is CCCNC(=O)c1ccc(N2CCn3c(nnc3-c3ccccc3)C2)nc1. The van der Waals surface area contributed by atoms with Crippen molar-refractivity contribution < 1.29 is 4.79 Å². The van der Waals surface area contributed by atoms with Crippen molar-refractivity contribution in [1.82, 2.24) is 25.1 Å². The predicted octanol–water partition coefficient (Wildman–Crippen LogP) is 2.50. The molecule has 0 saturated heterocycles. The Labute approximate surface area is 158 Å². The Balaban J connectivity index is 1.49. The van der Waals surface area contributed by atoms with Gasteiger partial charge in [-0.15, -0.1) is 10.2 Å². The molecule has 4 rings (SSSR count). The maximum Gasteiger partial charge on any atom is 0.252 e. The average Bonchev–Trinajstić information content (AvgIpc) is 3.16. The molecule has 1 aliphatic heterocycles. The van der Waals surface area contributed by atoms with E-state index in [-0.39, 0.29) is 5.91 Å². The van der Waals surface area contributed by atoms with E-state index in [9.17, 15) is 4.79 Å². The van der Waals surface area contributed by atoms with Crippen LogP contribution in [0.25, 0.3) is 11.4 Å². The number of pyridine rings is 1. The minimum Gasteiger partial charge on any atom is -0.352 e. The van der Waals surface area contributed by atoms with Crippen molar-refractivity contribution in [3.05, 3.63) is 60.0 Å². The monoisotopic (exact) mass is 362 g/mol. The maximum absolute atomic E-state index is 12.0. The molecule has 0 unspecified atom stereocenters. The number of carbonyl (C=O) groups is 1. The zero-order valence-electron chi connectivity index (χ0n) is 15.3. The summed E-state index contributed by atoms with van der Waals surface area (Å²) in [6.07, 6.45) is 2.55. The van der Waals surface area contributed by atoms with E-state index in [4.69, 9.17) is 0 Å². The molecule has 0 saturated carbocycles. The summed E-state index contributed by atoms with van der Waals surface area (Å²) in [4.78, 5) is 18.6. The number of nitrogens with zero attached hydrogens (tertiary/aromatic N) is 5. The fourth-order valence-electron chi connectivity index (χ4n) is 3.20. The van der Waals surface area contributed by atoms with Crippen LogP contribution in [0.5, 0.6) is 0 Å². The van der Waals surface area contributed by atoms with Crippen LogP contribution in [0.15, 0.2) is 48.7 Å². The van der Waals surface area contributed by atoms with Gasteiger partial charge in [0.25, 0.3) is 5.91 Å². The van der Waals surface area contributed by atoms with Crippen LogP contribution in [0.3, 0.4) is 0 Å². The van der Waals surface area contributed by atoms with E-state index in [1.165, 1.54) is 0 Å². The first-order valence-corrected chi connectivity index (χ1v) is 9.23. The normalized spacial score (nSPS) is 13.3. The highest BCUT2D eigenvalue weighted by Gasteiger charge is 2.22. The second kappa shape index (κ2) is 7.57. The Morgan fingerprint density at radius 2 is 1.96 bits per heavy atom. The van der Waals surface area contributed by atoms with Crippen molar-refractivity contribution >= 4 is 11.7 Å². The van der Waals surface area contributed by atoms with E-state index in [2.05, 4.69) is 30.0 Å². The molecular formula is C20H22N6O. The van der Waals surface area contributed by atoms with Crippen LogP contribution < -0.4 is 10.2 Å². The van der Waals surface area contributed by atoms with Gasteiger partial charge in [0.2, 0.25) is 0 Å². The quantitative estimate of drug-likeness (QED) is 0.755. The van der Waals surface area contributed by atoms with Crippen molar-refractivity contribution in [3.63, 3.8) is 0 Å². The van der Waals surface area contributed by atoms with Crippen molar-refractivity contribution in [2.75, 3.05) is 18.0 Å². The number of aromatic nitrogens is 4. The molecule has 1 amide bonds. The fraction of sp³-hybridized carbons (Fsp3) is 0.300. The molecule has 0 bridgehead atoms. The molecule has 27 heavy (non-hydrogen) atoms. The Bertz CT molecular complexity index is 919. The third kappa shape index (κ3) is 3.53. The number of anilines is 1. The van der Waals surface area contributed by atoms with Crippen LogP contribution >= 0.6 is 0 Å². The molecule has 0 aliphatic carbocycles. The molecule has 1 N–H and O–H groups in total. The first-order valence-electron chi connectivity index (χ1n) is 9.23. The average molecular weight is 362 g/mol. The molecule has 7 nitrogen and oxygen atoms in total. The number of nitrogens with one attached hydrogen (secondary N) is 1. The molecule has 138 valence electrons. The predicted molar refractivity (Wildman–Crippen MR) is 103 cm³/mol. The first-order chi connectivity index (χ1) is 13.3. The van der Waals surface area contributed by atoms with E-state index in [0.717, 1.165) is 42.5 Å². The van der Waals surface area contributed by atoms with Gasteiger partial charge in [-0.3, -0.25) is 4.79 Å². The van der Waals surface area contributed by atoms with E-state index >= 15 is 0 Å². The van der Waals surface area contributed by atoms with Gasteiger partial charge in [0.05, 0.1) is 12.1 Å². The molecule has 0 spiro atoms. The zero-order valence-corrected chi connectivity index (χ0v) is 15.3. The summed E-state index contributed by atoms with van der Waals surface area (Å²) in [5.41, 5.74) is 1.66. The molecule has 1 aliphatic rings. The molecule has 0 fully saturated rings. The standard InChI is InChI=1S/C20H22N6O/c1-2-10-21-20(27)16-8-9-17(22-13-16)25-11-12-26-18(14-25)23-24-19(26)15-6-4-3-5-7-15/h3-9,13H,2,10-12,14H2,1H3,(H,21,27). The van der Waals surface area contributed by atoms with E-state index in [1.54, 1.807) is 6.20 Å². The summed E-state index contributed by atoms with van der Waals surface area (Å²) >= 11 is 0. The second-order valence-corrected chi connectivity index (χ2v) is 6.54. The van der Waals surface area contributed by atoms with Gasteiger partial charge in [-0.2, -0.15) is 0 Å². The number of carbonyl (C=O) groups excluding carboxylic acids is 1. The lowest BCUT2D eigenvalue weighted by atomic mass is 10.2. The highest BCUT2D eigenvalue weighted by Crippen LogP contribution is 2.23. The lowest BCUT2D eigenvalue weighted by molar-refractivity contribution is 0.0953. The Morgan fingerprint density at radius 1 is 1.11 bits per heavy atom. The summed E-state index contributed by atoms with van der Waals surface area (Å²) in [6, 6.07) is 13.8. The van der Waals surface area contributed by atoms with Crippen LogP contribution in [0.1, 0.15) is 29.5 Å². The zero-order chi connectivity index (χ0) is 18.6. The van der Waals surface area contributed by atoms with E-state index in [1.807, 2.05) is 49.4 Å². The third-order valence-corrected chi connectivity index (χ3v) is 4.65. The highest BCUT2D eigenvalue weighted by molar-refractivity contribution is 5.94. The molecular weight excluding hydrogens is 340 g/mol. The van der Waals surface area contributed by atoms with E-state index in [0.29, 0.717) is 18.7 Å².